The van der Waals surface area contributed by atoms with E-state index in [0.29, 0.717) is 5.69 Å². The van der Waals surface area contributed by atoms with Gasteiger partial charge < -0.3 is 15.6 Å². The summed E-state index contributed by atoms with van der Waals surface area (Å²) in [5.74, 6) is -0.407. The van der Waals surface area contributed by atoms with Crippen molar-refractivity contribution in [3.8, 4) is 0 Å². The first-order valence-electron chi connectivity index (χ1n) is 8.08. The third-order valence-electron chi connectivity index (χ3n) is 4.17. The van der Waals surface area contributed by atoms with Crippen molar-refractivity contribution < 1.29 is 9.59 Å². The van der Waals surface area contributed by atoms with Crippen molar-refractivity contribution in [3.05, 3.63) is 65.6 Å². The molecule has 2 aromatic heterocycles. The molecule has 3 aromatic rings. The van der Waals surface area contributed by atoms with Crippen LogP contribution in [0, 0.1) is 6.92 Å². The lowest BCUT2D eigenvalue weighted by Gasteiger charge is -2.17. The van der Waals surface area contributed by atoms with Crippen molar-refractivity contribution in [2.45, 2.75) is 19.4 Å². The van der Waals surface area contributed by atoms with E-state index < -0.39 is 6.04 Å². The van der Waals surface area contributed by atoms with Crippen molar-refractivity contribution in [2.75, 3.05) is 7.05 Å². The minimum atomic E-state index is -0.450. The van der Waals surface area contributed by atoms with Crippen LogP contribution in [-0.2, 0) is 4.79 Å². The van der Waals surface area contributed by atoms with Crippen LogP contribution in [-0.4, -0.2) is 28.8 Å². The van der Waals surface area contributed by atoms with Crippen LogP contribution < -0.4 is 10.6 Å². The Bertz CT molecular complexity index is 902. The predicted octanol–water partition coefficient (Wildman–Crippen LogP) is 2.48. The van der Waals surface area contributed by atoms with E-state index in [1.165, 1.54) is 0 Å². The highest BCUT2D eigenvalue weighted by Gasteiger charge is 2.20. The fourth-order valence-corrected chi connectivity index (χ4v) is 2.79. The quantitative estimate of drug-likeness (QED) is 0.669. The highest BCUT2D eigenvalue weighted by Crippen LogP contribution is 2.21. The lowest BCUT2D eigenvalue weighted by molar-refractivity contribution is -0.121. The second kappa shape index (κ2) is 7.17. The largest absolute Gasteiger partial charge is 0.359 e. The van der Waals surface area contributed by atoms with Crippen molar-refractivity contribution in [3.63, 3.8) is 0 Å². The number of hydrogen-bond donors (Lipinski definition) is 3. The summed E-state index contributed by atoms with van der Waals surface area (Å²) in [7, 11) is 1.57. The summed E-state index contributed by atoms with van der Waals surface area (Å²) in [4.78, 5) is 31.7. The molecular formula is C19H20N4O2. The number of carbonyl (C=O) groups is 2. The molecule has 6 heteroatoms. The molecule has 128 valence electrons. The molecule has 3 rings (SSSR count). The monoisotopic (exact) mass is 336 g/mol. The molecule has 0 aliphatic rings. The molecule has 0 spiro atoms. The van der Waals surface area contributed by atoms with Gasteiger partial charge in [0.15, 0.2) is 0 Å². The first-order valence-corrected chi connectivity index (χ1v) is 8.08. The highest BCUT2D eigenvalue weighted by atomic mass is 16.2. The van der Waals surface area contributed by atoms with E-state index in [2.05, 4.69) is 20.6 Å². The maximum Gasteiger partial charge on any atom is 0.268 e. The van der Waals surface area contributed by atoms with Gasteiger partial charge in [0.1, 0.15) is 5.69 Å². The number of rotatable bonds is 5. The van der Waals surface area contributed by atoms with Crippen LogP contribution in [0.25, 0.3) is 10.9 Å². The van der Waals surface area contributed by atoms with Crippen LogP contribution in [0.4, 0.5) is 0 Å². The van der Waals surface area contributed by atoms with Crippen LogP contribution in [0.15, 0.2) is 48.8 Å². The summed E-state index contributed by atoms with van der Waals surface area (Å²) in [6.45, 7) is 1.99. The SMILES string of the molecule is CNC(=O)CC(NC(=O)c1cc2cccc(C)c2[nH]1)c1cccnc1. The van der Waals surface area contributed by atoms with E-state index in [4.69, 9.17) is 0 Å². The van der Waals surface area contributed by atoms with Gasteiger partial charge in [0, 0.05) is 30.3 Å². The topological polar surface area (TPSA) is 86.9 Å². The maximum absolute atomic E-state index is 12.7. The van der Waals surface area contributed by atoms with Gasteiger partial charge in [-0.15, -0.1) is 0 Å². The van der Waals surface area contributed by atoms with E-state index in [0.717, 1.165) is 22.0 Å². The second-order valence-corrected chi connectivity index (χ2v) is 5.91. The second-order valence-electron chi connectivity index (χ2n) is 5.91. The average molecular weight is 336 g/mol. The molecule has 3 N–H and O–H groups in total. The summed E-state index contributed by atoms with van der Waals surface area (Å²) >= 11 is 0. The zero-order chi connectivity index (χ0) is 17.8. The third-order valence-corrected chi connectivity index (χ3v) is 4.17. The lowest BCUT2D eigenvalue weighted by Crippen LogP contribution is -2.33. The van der Waals surface area contributed by atoms with Gasteiger partial charge in [-0.1, -0.05) is 24.3 Å². The molecule has 2 heterocycles. The molecule has 1 atom stereocenters. The predicted molar refractivity (Wildman–Crippen MR) is 96.2 cm³/mol. The normalized spacial score (nSPS) is 11.9. The van der Waals surface area contributed by atoms with Gasteiger partial charge in [-0.05, 0) is 30.2 Å². The molecule has 0 saturated carbocycles. The van der Waals surface area contributed by atoms with Crippen LogP contribution in [0.3, 0.4) is 0 Å². The Balaban J connectivity index is 1.86. The molecule has 1 aromatic carbocycles. The van der Waals surface area contributed by atoms with Gasteiger partial charge in [-0.25, -0.2) is 0 Å². The van der Waals surface area contributed by atoms with E-state index in [-0.39, 0.29) is 18.2 Å². The molecule has 25 heavy (non-hydrogen) atoms. The number of hydrogen-bond acceptors (Lipinski definition) is 3. The Labute approximate surface area is 145 Å². The maximum atomic E-state index is 12.7. The molecule has 0 aliphatic heterocycles. The molecule has 0 saturated heterocycles. The Morgan fingerprint density at radius 3 is 2.76 bits per heavy atom. The zero-order valence-corrected chi connectivity index (χ0v) is 14.2. The molecule has 0 fully saturated rings. The van der Waals surface area contributed by atoms with Gasteiger partial charge in [0.25, 0.3) is 5.91 Å². The van der Waals surface area contributed by atoms with Gasteiger partial charge in [0.2, 0.25) is 5.91 Å². The fourth-order valence-electron chi connectivity index (χ4n) is 2.79. The van der Waals surface area contributed by atoms with Crippen molar-refractivity contribution >= 4 is 22.7 Å². The summed E-state index contributed by atoms with van der Waals surface area (Å²) in [5, 5.41) is 6.49. The molecule has 6 nitrogen and oxygen atoms in total. The molecule has 0 aliphatic carbocycles. The fraction of sp³-hybridized carbons (Fsp3) is 0.211. The number of aromatic nitrogens is 2. The number of pyridine rings is 1. The Kier molecular flexibility index (Phi) is 4.79. The number of nitrogens with zero attached hydrogens (tertiary/aromatic N) is 1. The Hall–Kier alpha value is -3.15. The van der Waals surface area contributed by atoms with Gasteiger partial charge in [-0.2, -0.15) is 0 Å². The number of aromatic amines is 1. The van der Waals surface area contributed by atoms with Crippen molar-refractivity contribution in [2.24, 2.45) is 0 Å². The van der Waals surface area contributed by atoms with Crippen LogP contribution >= 0.6 is 0 Å². The van der Waals surface area contributed by atoms with Gasteiger partial charge in [0.05, 0.1) is 12.5 Å². The summed E-state index contributed by atoms with van der Waals surface area (Å²) in [6.07, 6.45) is 3.46. The first kappa shape index (κ1) is 16.7. The number of nitrogens with one attached hydrogen (secondary N) is 3. The minimum absolute atomic E-state index is 0.146. The zero-order valence-electron chi connectivity index (χ0n) is 14.2. The molecule has 0 bridgehead atoms. The van der Waals surface area contributed by atoms with E-state index in [1.54, 1.807) is 25.5 Å². The van der Waals surface area contributed by atoms with Crippen LogP contribution in [0.2, 0.25) is 0 Å². The number of aryl methyl sites for hydroxylation is 1. The number of fused-ring (bicyclic) bond motifs is 1. The number of amides is 2. The van der Waals surface area contributed by atoms with Crippen LogP contribution in [0.5, 0.6) is 0 Å². The number of H-pyrrole nitrogens is 1. The van der Waals surface area contributed by atoms with E-state index in [9.17, 15) is 9.59 Å². The summed E-state index contributed by atoms with van der Waals surface area (Å²) in [5.41, 5.74) is 3.27. The standard InChI is InChI=1S/C19H20N4O2/c1-12-5-3-6-13-9-16(22-18(12)13)19(25)23-15(10-17(24)20-2)14-7-4-8-21-11-14/h3-9,11,15,22H,10H2,1-2H3,(H,20,24)(H,23,25). The molecule has 0 radical (unpaired) electrons. The highest BCUT2D eigenvalue weighted by molar-refractivity contribution is 5.99. The lowest BCUT2D eigenvalue weighted by atomic mass is 10.1. The third kappa shape index (κ3) is 3.68. The average Bonchev–Trinajstić information content (AvgIpc) is 3.07. The van der Waals surface area contributed by atoms with E-state index in [1.807, 2.05) is 37.3 Å². The smallest absolute Gasteiger partial charge is 0.268 e. The first-order chi connectivity index (χ1) is 12.1. The number of para-hydroxylation sites is 1. The number of carbonyl (C=O) groups excluding carboxylic acids is 2. The molecular weight excluding hydrogens is 316 g/mol. The van der Waals surface area contributed by atoms with Gasteiger partial charge >= 0.3 is 0 Å². The molecule has 2 amide bonds. The number of benzene rings is 1. The van der Waals surface area contributed by atoms with E-state index >= 15 is 0 Å². The van der Waals surface area contributed by atoms with Crippen molar-refractivity contribution in [1.82, 2.24) is 20.6 Å². The Morgan fingerprint density at radius 1 is 1.24 bits per heavy atom. The van der Waals surface area contributed by atoms with Crippen LogP contribution in [0.1, 0.15) is 34.1 Å². The van der Waals surface area contributed by atoms with Crippen molar-refractivity contribution in [1.29, 1.82) is 0 Å². The summed E-state index contributed by atoms with van der Waals surface area (Å²) in [6, 6.07) is 10.9. The Morgan fingerprint density at radius 2 is 2.08 bits per heavy atom. The van der Waals surface area contributed by atoms with Gasteiger partial charge in [-0.3, -0.25) is 14.6 Å². The summed E-state index contributed by atoms with van der Waals surface area (Å²) < 4.78 is 0. The molecule has 1 unspecified atom stereocenters. The minimum Gasteiger partial charge on any atom is -0.359 e.